The zero-order chi connectivity index (χ0) is 20.7. The van der Waals surface area contributed by atoms with Crippen LogP contribution in [0.3, 0.4) is 0 Å². The first kappa shape index (κ1) is 19.5. The predicted octanol–water partition coefficient (Wildman–Crippen LogP) is 3.62. The SMILES string of the molecule is COc1cccc2cc(C(=O)Nc3sc4c(c3C(N)=O)CCN(C(C)C)C4)oc12. The van der Waals surface area contributed by atoms with Gasteiger partial charge in [0.1, 0.15) is 5.00 Å². The van der Waals surface area contributed by atoms with E-state index in [1.165, 1.54) is 11.3 Å². The van der Waals surface area contributed by atoms with Crippen LogP contribution in [0.25, 0.3) is 11.0 Å². The Kier molecular flexibility index (Phi) is 5.06. The highest BCUT2D eigenvalue weighted by molar-refractivity contribution is 7.17. The smallest absolute Gasteiger partial charge is 0.292 e. The Balaban J connectivity index is 1.66. The number of amides is 2. The number of ether oxygens (including phenoxy) is 1. The molecule has 0 atom stereocenters. The van der Waals surface area contributed by atoms with Crippen LogP contribution in [0, 0.1) is 0 Å². The molecule has 3 N–H and O–H groups in total. The molecule has 1 aliphatic heterocycles. The largest absolute Gasteiger partial charge is 0.493 e. The number of nitrogens with two attached hydrogens (primary N) is 1. The van der Waals surface area contributed by atoms with Crippen LogP contribution in [0.2, 0.25) is 0 Å². The molecule has 0 saturated heterocycles. The molecular formula is C21H23N3O4S. The number of fused-ring (bicyclic) bond motifs is 2. The van der Waals surface area contributed by atoms with E-state index in [1.54, 1.807) is 19.2 Å². The highest BCUT2D eigenvalue weighted by Gasteiger charge is 2.29. The van der Waals surface area contributed by atoms with Gasteiger partial charge in [-0.1, -0.05) is 12.1 Å². The molecule has 3 heterocycles. The standard InChI is InChI=1S/C21H23N3O4S/c1-11(2)24-8-7-13-16(10-24)29-21(17(13)19(22)25)23-20(26)15-9-12-5-4-6-14(27-3)18(12)28-15/h4-6,9,11H,7-8,10H2,1-3H3,(H2,22,25)(H,23,26). The van der Waals surface area contributed by atoms with E-state index in [0.29, 0.717) is 27.9 Å². The lowest BCUT2D eigenvalue weighted by Gasteiger charge is -2.30. The Hall–Kier alpha value is -2.84. The van der Waals surface area contributed by atoms with Crippen molar-refractivity contribution >= 4 is 39.1 Å². The second-order valence-corrected chi connectivity index (χ2v) is 8.43. The molecule has 2 aromatic heterocycles. The Bertz CT molecular complexity index is 1100. The monoisotopic (exact) mass is 413 g/mol. The van der Waals surface area contributed by atoms with E-state index >= 15 is 0 Å². The first-order chi connectivity index (χ1) is 13.9. The second kappa shape index (κ2) is 7.53. The molecule has 0 fully saturated rings. The molecule has 8 heteroatoms. The van der Waals surface area contributed by atoms with E-state index in [9.17, 15) is 9.59 Å². The van der Waals surface area contributed by atoms with Crippen molar-refractivity contribution in [3.63, 3.8) is 0 Å². The molecule has 7 nitrogen and oxygen atoms in total. The molecule has 1 aromatic carbocycles. The van der Waals surface area contributed by atoms with Crippen LogP contribution in [0.4, 0.5) is 5.00 Å². The van der Waals surface area contributed by atoms with Gasteiger partial charge in [0.05, 0.1) is 12.7 Å². The van der Waals surface area contributed by atoms with Gasteiger partial charge in [0, 0.05) is 29.4 Å². The summed E-state index contributed by atoms with van der Waals surface area (Å²) in [5.41, 5.74) is 7.52. The minimum atomic E-state index is -0.526. The molecule has 0 radical (unpaired) electrons. The topological polar surface area (TPSA) is 97.8 Å². The van der Waals surface area contributed by atoms with Crippen molar-refractivity contribution in [1.82, 2.24) is 4.90 Å². The summed E-state index contributed by atoms with van der Waals surface area (Å²) in [5.74, 6) is -0.248. The van der Waals surface area contributed by atoms with Gasteiger partial charge in [-0.3, -0.25) is 14.5 Å². The van der Waals surface area contributed by atoms with Gasteiger partial charge in [-0.05, 0) is 38.0 Å². The van der Waals surface area contributed by atoms with E-state index in [4.69, 9.17) is 14.9 Å². The summed E-state index contributed by atoms with van der Waals surface area (Å²) in [4.78, 5) is 28.4. The average Bonchev–Trinajstić information content (AvgIpc) is 3.28. The Labute approximate surface area is 172 Å². The number of anilines is 1. The van der Waals surface area contributed by atoms with Crippen LogP contribution in [-0.4, -0.2) is 36.4 Å². The molecule has 152 valence electrons. The van der Waals surface area contributed by atoms with Gasteiger partial charge in [-0.15, -0.1) is 11.3 Å². The van der Waals surface area contributed by atoms with Crippen molar-refractivity contribution in [2.45, 2.75) is 32.9 Å². The fraction of sp³-hybridized carbons (Fsp3) is 0.333. The molecule has 1 aliphatic rings. The molecule has 0 aliphatic carbocycles. The minimum absolute atomic E-state index is 0.148. The van der Waals surface area contributed by atoms with Crippen LogP contribution in [0.1, 0.15) is 45.2 Å². The van der Waals surface area contributed by atoms with Crippen molar-refractivity contribution in [2.75, 3.05) is 19.0 Å². The van der Waals surface area contributed by atoms with Crippen molar-refractivity contribution in [2.24, 2.45) is 5.73 Å². The normalized spacial score (nSPS) is 14.2. The zero-order valence-corrected chi connectivity index (χ0v) is 17.4. The van der Waals surface area contributed by atoms with E-state index < -0.39 is 11.8 Å². The lowest BCUT2D eigenvalue weighted by Crippen LogP contribution is -2.35. The van der Waals surface area contributed by atoms with Gasteiger partial charge < -0.3 is 20.2 Å². The Morgan fingerprint density at radius 3 is 2.83 bits per heavy atom. The quantitative estimate of drug-likeness (QED) is 0.666. The highest BCUT2D eigenvalue weighted by atomic mass is 32.1. The number of nitrogens with zero attached hydrogens (tertiary/aromatic N) is 1. The molecule has 2 amide bonds. The summed E-state index contributed by atoms with van der Waals surface area (Å²) < 4.78 is 11.0. The number of methoxy groups -OCH3 is 1. The number of rotatable bonds is 5. The average molecular weight is 413 g/mol. The number of thiophene rings is 1. The maximum Gasteiger partial charge on any atom is 0.292 e. The first-order valence-corrected chi connectivity index (χ1v) is 10.3. The predicted molar refractivity (Wildman–Crippen MR) is 113 cm³/mol. The van der Waals surface area contributed by atoms with Crippen LogP contribution >= 0.6 is 11.3 Å². The molecule has 4 rings (SSSR count). The van der Waals surface area contributed by atoms with Gasteiger partial charge in [0.2, 0.25) is 0 Å². The van der Waals surface area contributed by atoms with Crippen molar-refractivity contribution < 1.29 is 18.7 Å². The Morgan fingerprint density at radius 2 is 2.14 bits per heavy atom. The van der Waals surface area contributed by atoms with E-state index in [0.717, 1.165) is 35.3 Å². The van der Waals surface area contributed by atoms with E-state index in [1.807, 2.05) is 12.1 Å². The number of benzene rings is 1. The summed E-state index contributed by atoms with van der Waals surface area (Å²) in [7, 11) is 1.55. The second-order valence-electron chi connectivity index (χ2n) is 7.33. The van der Waals surface area contributed by atoms with Gasteiger partial charge in [0.25, 0.3) is 11.8 Å². The highest BCUT2D eigenvalue weighted by Crippen LogP contribution is 2.38. The third-order valence-corrected chi connectivity index (χ3v) is 6.37. The van der Waals surface area contributed by atoms with Gasteiger partial charge in [0.15, 0.2) is 17.1 Å². The first-order valence-electron chi connectivity index (χ1n) is 9.45. The third kappa shape index (κ3) is 3.49. The number of hydrogen-bond acceptors (Lipinski definition) is 6. The molecule has 0 saturated carbocycles. The van der Waals surface area contributed by atoms with Crippen molar-refractivity contribution in [3.05, 3.63) is 46.0 Å². The number of carbonyl (C=O) groups excluding carboxylic acids is 2. The fourth-order valence-corrected chi connectivity index (χ4v) is 4.96. The van der Waals surface area contributed by atoms with Crippen LogP contribution in [0.5, 0.6) is 5.75 Å². The maximum atomic E-state index is 12.8. The summed E-state index contributed by atoms with van der Waals surface area (Å²) in [6.07, 6.45) is 0.736. The lowest BCUT2D eigenvalue weighted by molar-refractivity contribution is 0.0998. The van der Waals surface area contributed by atoms with Gasteiger partial charge in [-0.25, -0.2) is 0 Å². The molecule has 0 bridgehead atoms. The number of furan rings is 1. The molecule has 29 heavy (non-hydrogen) atoms. The Morgan fingerprint density at radius 1 is 1.34 bits per heavy atom. The molecule has 3 aromatic rings. The van der Waals surface area contributed by atoms with Crippen molar-refractivity contribution in [1.29, 1.82) is 0 Å². The van der Waals surface area contributed by atoms with Crippen LogP contribution < -0.4 is 15.8 Å². The van der Waals surface area contributed by atoms with Crippen LogP contribution in [-0.2, 0) is 13.0 Å². The van der Waals surface area contributed by atoms with Gasteiger partial charge >= 0.3 is 0 Å². The zero-order valence-electron chi connectivity index (χ0n) is 16.6. The van der Waals surface area contributed by atoms with Crippen molar-refractivity contribution in [3.8, 4) is 5.75 Å². The summed E-state index contributed by atoms with van der Waals surface area (Å²) in [6, 6.07) is 7.51. The fourth-order valence-electron chi connectivity index (χ4n) is 3.69. The van der Waals surface area contributed by atoms with E-state index in [2.05, 4.69) is 24.1 Å². The summed E-state index contributed by atoms with van der Waals surface area (Å²) >= 11 is 1.41. The number of primary amides is 1. The number of nitrogens with one attached hydrogen (secondary N) is 1. The lowest BCUT2D eigenvalue weighted by atomic mass is 10.0. The summed E-state index contributed by atoms with van der Waals surface area (Å²) in [5, 5.41) is 4.08. The molecule has 0 spiro atoms. The van der Waals surface area contributed by atoms with E-state index in [-0.39, 0.29) is 5.76 Å². The summed E-state index contributed by atoms with van der Waals surface area (Å²) in [6.45, 7) is 5.90. The van der Waals surface area contributed by atoms with Crippen LogP contribution in [0.15, 0.2) is 28.7 Å². The third-order valence-electron chi connectivity index (χ3n) is 5.24. The maximum absolute atomic E-state index is 12.8. The molecular weight excluding hydrogens is 390 g/mol. The number of carbonyl (C=O) groups is 2. The minimum Gasteiger partial charge on any atom is -0.493 e. The molecule has 0 unspecified atom stereocenters. The number of hydrogen-bond donors (Lipinski definition) is 2. The van der Waals surface area contributed by atoms with Gasteiger partial charge in [-0.2, -0.15) is 0 Å². The number of para-hydroxylation sites is 1.